The number of imidazole rings is 1. The first-order valence-electron chi connectivity index (χ1n) is 17.9. The van der Waals surface area contributed by atoms with Crippen LogP contribution in [0, 0.1) is 17.4 Å². The van der Waals surface area contributed by atoms with Crippen LogP contribution in [0.5, 0.6) is 0 Å². The molecule has 5 aromatic carbocycles. The average molecular weight is 892 g/mol. The summed E-state index contributed by atoms with van der Waals surface area (Å²) in [5.74, 6) is 2.12. The van der Waals surface area contributed by atoms with Gasteiger partial charge in [-0.1, -0.05) is 141 Å². The molecule has 0 aliphatic carbocycles. The largest absolute Gasteiger partial charge is 0.333 e. The van der Waals surface area contributed by atoms with Gasteiger partial charge in [-0.3, -0.25) is 16.3 Å². The Balaban J connectivity index is 0.000000193. The van der Waals surface area contributed by atoms with Gasteiger partial charge >= 0.3 is 0 Å². The van der Waals surface area contributed by atoms with E-state index in [4.69, 9.17) is 4.98 Å². The molecule has 0 unspecified atom stereocenters. The van der Waals surface area contributed by atoms with Crippen LogP contribution in [0.15, 0.2) is 121 Å². The zero-order valence-electron chi connectivity index (χ0n) is 31.0. The Labute approximate surface area is 327 Å². The van der Waals surface area contributed by atoms with Crippen molar-refractivity contribution in [3.63, 3.8) is 0 Å². The van der Waals surface area contributed by atoms with Crippen LogP contribution in [0.1, 0.15) is 44.7 Å². The zero-order chi connectivity index (χ0) is 35.7. The minimum atomic E-state index is -1.34. The maximum absolute atomic E-state index is 5.08. The standard InChI is InChI=1S/C28H21N2S.C18H24NSi.Ir/c1-18(2)20-14-15-22-23(17-31-27(22)16-20)28-29-24-11-5-6-12-26(24)30(28)25-13-7-9-19-8-3-4-10-21(19)25;1-14(2)11-16-12-17(15-9-7-6-8-10-15)19-13-18(16)20(3,4)5;/h3-16,18H,1-2H3;6-9,12-14H,11H2,1-5H3;/q2*-1;. The van der Waals surface area contributed by atoms with E-state index in [1.807, 2.05) is 18.2 Å². The molecule has 0 N–H and O–H groups in total. The molecule has 3 nitrogen and oxygen atoms in total. The topological polar surface area (TPSA) is 30.7 Å². The number of aromatic nitrogens is 3. The maximum atomic E-state index is 5.08. The van der Waals surface area contributed by atoms with Gasteiger partial charge in [0.2, 0.25) is 0 Å². The number of hydrogen-bond acceptors (Lipinski definition) is 3. The summed E-state index contributed by atoms with van der Waals surface area (Å²) in [5.41, 5.74) is 9.28. The number of fused-ring (bicyclic) bond motifs is 3. The number of para-hydroxylation sites is 2. The molecule has 0 fully saturated rings. The Morgan fingerprint density at radius 1 is 0.788 bits per heavy atom. The molecule has 0 saturated heterocycles. The Morgan fingerprint density at radius 3 is 2.29 bits per heavy atom. The van der Waals surface area contributed by atoms with Crippen molar-refractivity contribution in [2.45, 2.75) is 59.7 Å². The van der Waals surface area contributed by atoms with Crippen LogP contribution in [0.4, 0.5) is 0 Å². The molecule has 3 aromatic heterocycles. The fraction of sp³-hybridized carbons (Fsp3) is 0.217. The summed E-state index contributed by atoms with van der Waals surface area (Å²) in [7, 11) is -1.34. The normalized spacial score (nSPS) is 11.6. The van der Waals surface area contributed by atoms with Gasteiger partial charge in [0.1, 0.15) is 0 Å². The van der Waals surface area contributed by atoms with Crippen LogP contribution in [-0.2, 0) is 26.5 Å². The van der Waals surface area contributed by atoms with Crippen molar-refractivity contribution in [1.29, 1.82) is 0 Å². The second kappa shape index (κ2) is 15.8. The molecule has 52 heavy (non-hydrogen) atoms. The van der Waals surface area contributed by atoms with Crippen molar-refractivity contribution in [2.75, 3.05) is 0 Å². The van der Waals surface area contributed by atoms with E-state index in [0.717, 1.165) is 45.8 Å². The van der Waals surface area contributed by atoms with Gasteiger partial charge in [0, 0.05) is 37.4 Å². The average Bonchev–Trinajstić information content (AvgIpc) is 3.72. The van der Waals surface area contributed by atoms with E-state index in [1.165, 1.54) is 37.2 Å². The van der Waals surface area contributed by atoms with E-state index in [0.29, 0.717) is 11.8 Å². The second-order valence-electron chi connectivity index (χ2n) is 15.1. The molecule has 265 valence electrons. The van der Waals surface area contributed by atoms with Crippen molar-refractivity contribution < 1.29 is 20.1 Å². The van der Waals surface area contributed by atoms with Crippen LogP contribution in [-0.4, -0.2) is 22.6 Å². The summed E-state index contributed by atoms with van der Waals surface area (Å²) in [4.78, 5) is 9.77. The fourth-order valence-electron chi connectivity index (χ4n) is 6.84. The molecular weight excluding hydrogens is 847 g/mol. The van der Waals surface area contributed by atoms with E-state index < -0.39 is 8.07 Å². The first-order valence-corrected chi connectivity index (χ1v) is 22.3. The number of pyridine rings is 1. The summed E-state index contributed by atoms with van der Waals surface area (Å²) in [6.07, 6.45) is 3.24. The quantitative estimate of drug-likeness (QED) is 0.118. The molecule has 3 heterocycles. The number of nitrogens with zero attached hydrogens (tertiary/aromatic N) is 3. The van der Waals surface area contributed by atoms with Crippen LogP contribution < -0.4 is 5.19 Å². The predicted octanol–water partition coefficient (Wildman–Crippen LogP) is 12.3. The van der Waals surface area contributed by atoms with E-state index >= 15 is 0 Å². The molecule has 0 bridgehead atoms. The maximum Gasteiger partial charge on any atom is 0.0798 e. The molecule has 0 saturated carbocycles. The Hall–Kier alpha value is -4.19. The molecule has 8 rings (SSSR count). The SMILES string of the molecule is CC(C)Cc1cc(-c2[c-]cccc2)ncc1[Si](C)(C)C.CC(C)c1ccc2c(-c3nc4ccccc4n3-c3cccc4ccccc34)[c-]sc2c1.[Ir]. The van der Waals surface area contributed by atoms with Crippen LogP contribution >= 0.6 is 11.3 Å². The minimum Gasteiger partial charge on any atom is -0.333 e. The molecule has 0 atom stereocenters. The molecule has 6 heteroatoms. The number of benzene rings is 5. The van der Waals surface area contributed by atoms with Crippen LogP contribution in [0.3, 0.4) is 0 Å². The predicted molar refractivity (Wildman–Crippen MR) is 222 cm³/mol. The summed E-state index contributed by atoms with van der Waals surface area (Å²) in [6.45, 7) is 16.2. The van der Waals surface area contributed by atoms with E-state index in [1.54, 1.807) is 11.3 Å². The number of thiophene rings is 1. The van der Waals surface area contributed by atoms with Crippen molar-refractivity contribution in [3.8, 4) is 28.3 Å². The third-order valence-electron chi connectivity index (χ3n) is 9.41. The van der Waals surface area contributed by atoms with E-state index in [2.05, 4.69) is 172 Å². The molecular formula is C46H45IrN3SSi-2. The number of hydrogen-bond donors (Lipinski definition) is 0. The third-order valence-corrected chi connectivity index (χ3v) is 12.3. The third kappa shape index (κ3) is 7.77. The van der Waals surface area contributed by atoms with Gasteiger partial charge in [-0.2, -0.15) is 0 Å². The fourth-order valence-corrected chi connectivity index (χ4v) is 9.32. The van der Waals surface area contributed by atoms with Gasteiger partial charge in [-0.05, 0) is 52.7 Å². The monoisotopic (exact) mass is 892 g/mol. The molecule has 0 aliphatic rings. The summed E-state index contributed by atoms with van der Waals surface area (Å²) in [6, 6.07) is 43.8. The molecule has 1 radical (unpaired) electrons. The van der Waals surface area contributed by atoms with Crippen LogP contribution in [0.25, 0.3) is 60.2 Å². The zero-order valence-corrected chi connectivity index (χ0v) is 35.2. The van der Waals surface area contributed by atoms with Crippen molar-refractivity contribution in [1.82, 2.24) is 14.5 Å². The minimum absolute atomic E-state index is 0. The first kappa shape index (κ1) is 37.6. The molecule has 8 aromatic rings. The van der Waals surface area contributed by atoms with Gasteiger partial charge in [0.05, 0.1) is 24.9 Å². The van der Waals surface area contributed by atoms with Crippen molar-refractivity contribution in [3.05, 3.63) is 144 Å². The first-order chi connectivity index (χ1) is 24.6. The van der Waals surface area contributed by atoms with Gasteiger partial charge in [-0.25, -0.2) is 0 Å². The van der Waals surface area contributed by atoms with Crippen LogP contribution in [0.2, 0.25) is 19.6 Å². The van der Waals surface area contributed by atoms with Crippen molar-refractivity contribution >= 4 is 56.5 Å². The summed E-state index contributed by atoms with van der Waals surface area (Å²) >= 11 is 1.68. The van der Waals surface area contributed by atoms with Gasteiger partial charge in [-0.15, -0.1) is 47.3 Å². The molecule has 0 spiro atoms. The summed E-state index contributed by atoms with van der Waals surface area (Å²) < 4.78 is 3.56. The summed E-state index contributed by atoms with van der Waals surface area (Å²) in [5, 5.41) is 8.72. The Bertz CT molecular complexity index is 2450. The van der Waals surface area contributed by atoms with E-state index in [9.17, 15) is 0 Å². The second-order valence-corrected chi connectivity index (χ2v) is 21.0. The Kier molecular flexibility index (Phi) is 11.4. The van der Waals surface area contributed by atoms with Crippen molar-refractivity contribution in [2.24, 2.45) is 5.92 Å². The molecule has 0 amide bonds. The number of rotatable bonds is 7. The van der Waals surface area contributed by atoms with Gasteiger partial charge in [0.15, 0.2) is 0 Å². The van der Waals surface area contributed by atoms with E-state index in [-0.39, 0.29) is 20.1 Å². The van der Waals surface area contributed by atoms with Gasteiger partial charge < -0.3 is 9.55 Å². The van der Waals surface area contributed by atoms with Gasteiger partial charge in [0.25, 0.3) is 0 Å². The molecule has 0 aliphatic heterocycles. The Morgan fingerprint density at radius 2 is 1.54 bits per heavy atom. The smallest absolute Gasteiger partial charge is 0.0798 e.